The van der Waals surface area contributed by atoms with Crippen molar-refractivity contribution in [2.75, 3.05) is 18.5 Å². The first kappa shape index (κ1) is 13.8. The first-order chi connectivity index (χ1) is 9.70. The maximum absolute atomic E-state index is 10.9. The Morgan fingerprint density at radius 1 is 1.30 bits per heavy atom. The van der Waals surface area contributed by atoms with Crippen LogP contribution < -0.4 is 15.8 Å². The van der Waals surface area contributed by atoms with E-state index in [1.54, 1.807) is 24.3 Å². The van der Waals surface area contributed by atoms with Gasteiger partial charge in [-0.15, -0.1) is 0 Å². The highest BCUT2D eigenvalue weighted by molar-refractivity contribution is 5.65. The third-order valence-electron chi connectivity index (χ3n) is 2.49. The van der Waals surface area contributed by atoms with Gasteiger partial charge in [-0.2, -0.15) is 0 Å². The Hall–Kier alpha value is -2.67. The third-order valence-corrected chi connectivity index (χ3v) is 2.49. The van der Waals surface area contributed by atoms with Gasteiger partial charge in [-0.1, -0.05) is 0 Å². The number of nitro groups is 1. The van der Waals surface area contributed by atoms with Gasteiger partial charge >= 0.3 is 5.69 Å². The summed E-state index contributed by atoms with van der Waals surface area (Å²) in [5.41, 5.74) is 5.96. The Morgan fingerprint density at radius 2 is 2.05 bits per heavy atom. The van der Waals surface area contributed by atoms with E-state index < -0.39 is 4.92 Å². The molecule has 1 aromatic carbocycles. The molecule has 0 radical (unpaired) electrons. The number of rotatable bonds is 6. The number of benzene rings is 1. The summed E-state index contributed by atoms with van der Waals surface area (Å²) in [5, 5.41) is 13.8. The van der Waals surface area contributed by atoms with Gasteiger partial charge in [-0.3, -0.25) is 10.1 Å². The number of nitrogens with zero attached hydrogens (tertiary/aromatic N) is 2. The fraction of sp³-hybridized carbons (Fsp3) is 0.154. The number of aromatic nitrogens is 1. The van der Waals surface area contributed by atoms with Gasteiger partial charge in [0.25, 0.3) is 0 Å². The predicted octanol–water partition coefficient (Wildman–Crippen LogP) is 2.07. The van der Waals surface area contributed by atoms with Crippen molar-refractivity contribution in [2.45, 2.75) is 0 Å². The molecule has 7 nitrogen and oxygen atoms in total. The largest absolute Gasteiger partial charge is 0.492 e. The summed E-state index contributed by atoms with van der Waals surface area (Å²) in [6.07, 6.45) is 1.49. The summed E-state index contributed by atoms with van der Waals surface area (Å²) in [5.74, 6) is 0.893. The third kappa shape index (κ3) is 3.42. The molecule has 0 unspecified atom stereocenters. The van der Waals surface area contributed by atoms with Crippen molar-refractivity contribution in [3.63, 3.8) is 0 Å². The van der Waals surface area contributed by atoms with Gasteiger partial charge in [0.1, 0.15) is 12.4 Å². The van der Waals surface area contributed by atoms with Gasteiger partial charge in [0.2, 0.25) is 5.82 Å². The highest BCUT2D eigenvalue weighted by Crippen LogP contribution is 2.25. The normalized spacial score (nSPS) is 10.1. The van der Waals surface area contributed by atoms with Crippen molar-refractivity contribution < 1.29 is 9.66 Å². The van der Waals surface area contributed by atoms with E-state index >= 15 is 0 Å². The lowest BCUT2D eigenvalue weighted by molar-refractivity contribution is -0.384. The molecule has 0 aliphatic heterocycles. The standard InChI is InChI=1S/C13H14N4O3/c14-7-9-20-11-5-3-10(4-6-11)16-13-12(17(18)19)2-1-8-15-13/h1-6,8H,7,9,14H2,(H,15,16). The van der Waals surface area contributed by atoms with Crippen molar-refractivity contribution in [1.29, 1.82) is 0 Å². The van der Waals surface area contributed by atoms with Crippen molar-refractivity contribution in [1.82, 2.24) is 4.98 Å². The maximum atomic E-state index is 10.9. The van der Waals surface area contributed by atoms with Crippen molar-refractivity contribution >= 4 is 17.2 Å². The highest BCUT2D eigenvalue weighted by Gasteiger charge is 2.13. The van der Waals surface area contributed by atoms with E-state index in [1.807, 2.05) is 0 Å². The molecule has 0 spiro atoms. The molecule has 2 rings (SSSR count). The number of nitrogens with one attached hydrogen (secondary N) is 1. The van der Waals surface area contributed by atoms with Gasteiger partial charge in [-0.25, -0.2) is 4.98 Å². The molecule has 7 heteroatoms. The average molecular weight is 274 g/mol. The lowest BCUT2D eigenvalue weighted by atomic mass is 10.3. The maximum Gasteiger partial charge on any atom is 0.311 e. The van der Waals surface area contributed by atoms with Crippen LogP contribution in [0.1, 0.15) is 0 Å². The number of ether oxygens (including phenoxy) is 1. The lowest BCUT2D eigenvalue weighted by Gasteiger charge is -2.08. The molecule has 1 heterocycles. The minimum Gasteiger partial charge on any atom is -0.492 e. The van der Waals surface area contributed by atoms with Gasteiger partial charge in [0.05, 0.1) is 4.92 Å². The summed E-state index contributed by atoms with van der Waals surface area (Å²) >= 11 is 0. The van der Waals surface area contributed by atoms with Crippen molar-refractivity contribution in [2.24, 2.45) is 5.73 Å². The SMILES string of the molecule is NCCOc1ccc(Nc2ncccc2[N+](=O)[O-])cc1. The smallest absolute Gasteiger partial charge is 0.311 e. The van der Waals surface area contributed by atoms with E-state index in [9.17, 15) is 10.1 Å². The Bertz CT molecular complexity index is 586. The molecule has 0 atom stereocenters. The first-order valence-electron chi connectivity index (χ1n) is 6.00. The van der Waals surface area contributed by atoms with E-state index in [4.69, 9.17) is 10.5 Å². The number of hydrogen-bond donors (Lipinski definition) is 2. The average Bonchev–Trinajstić information content (AvgIpc) is 2.47. The number of anilines is 2. The number of hydrogen-bond acceptors (Lipinski definition) is 6. The van der Waals surface area contributed by atoms with Crippen LogP contribution in [-0.2, 0) is 0 Å². The molecular weight excluding hydrogens is 260 g/mol. The summed E-state index contributed by atoms with van der Waals surface area (Å²) in [4.78, 5) is 14.4. The van der Waals surface area contributed by atoms with Gasteiger partial charge < -0.3 is 15.8 Å². The minimum atomic E-state index is -0.478. The van der Waals surface area contributed by atoms with Crippen LogP contribution in [-0.4, -0.2) is 23.1 Å². The predicted molar refractivity (Wildman–Crippen MR) is 75.2 cm³/mol. The van der Waals surface area contributed by atoms with E-state index in [1.165, 1.54) is 18.3 Å². The summed E-state index contributed by atoms with van der Waals surface area (Å²) in [6.45, 7) is 0.888. The fourth-order valence-corrected chi connectivity index (χ4v) is 1.59. The molecule has 20 heavy (non-hydrogen) atoms. The molecule has 0 saturated carbocycles. The number of nitrogens with two attached hydrogens (primary N) is 1. The van der Waals surface area contributed by atoms with E-state index in [0.29, 0.717) is 24.6 Å². The van der Waals surface area contributed by atoms with Crippen LogP contribution >= 0.6 is 0 Å². The summed E-state index contributed by atoms with van der Waals surface area (Å²) < 4.78 is 5.35. The highest BCUT2D eigenvalue weighted by atomic mass is 16.6. The zero-order chi connectivity index (χ0) is 14.4. The summed E-state index contributed by atoms with van der Waals surface area (Å²) in [7, 11) is 0. The van der Waals surface area contributed by atoms with Crippen LogP contribution in [0.2, 0.25) is 0 Å². The molecule has 104 valence electrons. The Balaban J connectivity index is 2.12. The van der Waals surface area contributed by atoms with Crippen LogP contribution in [0.15, 0.2) is 42.6 Å². The molecule has 0 fully saturated rings. The van der Waals surface area contributed by atoms with Crippen LogP contribution in [0.25, 0.3) is 0 Å². The molecule has 0 bridgehead atoms. The van der Waals surface area contributed by atoms with Gasteiger partial charge in [-0.05, 0) is 30.3 Å². The van der Waals surface area contributed by atoms with Crippen molar-refractivity contribution in [3.05, 3.63) is 52.7 Å². The van der Waals surface area contributed by atoms with Crippen LogP contribution in [0, 0.1) is 10.1 Å². The second-order valence-electron chi connectivity index (χ2n) is 3.91. The first-order valence-corrected chi connectivity index (χ1v) is 6.00. The van der Waals surface area contributed by atoms with Crippen LogP contribution in [0.5, 0.6) is 5.75 Å². The molecule has 0 saturated heterocycles. The van der Waals surface area contributed by atoms with Crippen molar-refractivity contribution in [3.8, 4) is 5.75 Å². The molecule has 0 aliphatic carbocycles. The van der Waals surface area contributed by atoms with Gasteiger partial charge in [0, 0.05) is 24.5 Å². The van der Waals surface area contributed by atoms with E-state index in [0.717, 1.165) is 0 Å². The minimum absolute atomic E-state index is 0.0732. The number of pyridine rings is 1. The van der Waals surface area contributed by atoms with E-state index in [2.05, 4.69) is 10.3 Å². The molecule has 0 amide bonds. The molecule has 1 aromatic heterocycles. The molecule has 2 aromatic rings. The Kier molecular flexibility index (Phi) is 4.46. The zero-order valence-electron chi connectivity index (χ0n) is 10.7. The second kappa shape index (κ2) is 6.48. The summed E-state index contributed by atoms with van der Waals surface area (Å²) in [6, 6.07) is 9.94. The van der Waals surface area contributed by atoms with Gasteiger partial charge in [0.15, 0.2) is 0 Å². The molecule has 0 aliphatic rings. The fourth-order valence-electron chi connectivity index (χ4n) is 1.59. The molecular formula is C13H14N4O3. The van der Waals surface area contributed by atoms with Crippen LogP contribution in [0.4, 0.5) is 17.2 Å². The quantitative estimate of drug-likeness (QED) is 0.617. The molecule has 3 N–H and O–H groups in total. The second-order valence-corrected chi connectivity index (χ2v) is 3.91. The zero-order valence-corrected chi connectivity index (χ0v) is 10.7. The van der Waals surface area contributed by atoms with Crippen LogP contribution in [0.3, 0.4) is 0 Å². The monoisotopic (exact) mass is 274 g/mol. The topological polar surface area (TPSA) is 103 Å². The van der Waals surface area contributed by atoms with E-state index in [-0.39, 0.29) is 11.5 Å². The Morgan fingerprint density at radius 3 is 2.70 bits per heavy atom. The lowest BCUT2D eigenvalue weighted by Crippen LogP contribution is -2.10. The Labute approximate surface area is 115 Å².